The summed E-state index contributed by atoms with van der Waals surface area (Å²) < 4.78 is 0. The van der Waals surface area contributed by atoms with Crippen LogP contribution in [0.3, 0.4) is 0 Å². The molecule has 2 aromatic heterocycles. The third kappa shape index (κ3) is 2.89. The molecule has 0 aromatic carbocycles. The summed E-state index contributed by atoms with van der Waals surface area (Å²) in [6.07, 6.45) is 2.78. The van der Waals surface area contributed by atoms with Crippen molar-refractivity contribution >= 4 is 29.0 Å². The number of rotatable bonds is 4. The highest BCUT2D eigenvalue weighted by molar-refractivity contribution is 7.10. The van der Waals surface area contributed by atoms with Gasteiger partial charge in [0.05, 0.1) is 6.42 Å². The van der Waals surface area contributed by atoms with Gasteiger partial charge in [-0.1, -0.05) is 6.07 Å². The standard InChI is InChI=1S/C11H9N3O3S/c15-8(6-7-2-1-5-18-7)14-10-9(11(16)17)12-3-4-13-10/h1-5H,6H2,(H,16,17)(H,13,14,15). The van der Waals surface area contributed by atoms with Crippen LogP contribution in [0.5, 0.6) is 0 Å². The molecule has 92 valence electrons. The maximum Gasteiger partial charge on any atom is 0.358 e. The van der Waals surface area contributed by atoms with Gasteiger partial charge in [-0.25, -0.2) is 14.8 Å². The fourth-order valence-electron chi connectivity index (χ4n) is 1.33. The summed E-state index contributed by atoms with van der Waals surface area (Å²) in [6.45, 7) is 0. The fourth-order valence-corrected chi connectivity index (χ4v) is 2.04. The molecule has 2 aromatic rings. The number of thiophene rings is 1. The molecular formula is C11H9N3O3S. The van der Waals surface area contributed by atoms with E-state index in [1.165, 1.54) is 23.7 Å². The molecule has 0 spiro atoms. The van der Waals surface area contributed by atoms with Crippen molar-refractivity contribution in [2.45, 2.75) is 6.42 Å². The molecule has 0 aliphatic rings. The quantitative estimate of drug-likeness (QED) is 0.870. The topological polar surface area (TPSA) is 92.2 Å². The minimum absolute atomic E-state index is 0.0356. The van der Waals surface area contributed by atoms with Crippen LogP contribution in [0.1, 0.15) is 15.4 Å². The lowest BCUT2D eigenvalue weighted by Gasteiger charge is -2.05. The van der Waals surface area contributed by atoms with Crippen LogP contribution in [0.2, 0.25) is 0 Å². The van der Waals surface area contributed by atoms with E-state index in [0.29, 0.717) is 0 Å². The van der Waals surface area contributed by atoms with Gasteiger partial charge in [-0.2, -0.15) is 0 Å². The van der Waals surface area contributed by atoms with E-state index in [2.05, 4.69) is 15.3 Å². The fraction of sp³-hybridized carbons (Fsp3) is 0.0909. The average Bonchev–Trinajstić information content (AvgIpc) is 2.82. The van der Waals surface area contributed by atoms with Gasteiger partial charge in [0.25, 0.3) is 0 Å². The second-order valence-electron chi connectivity index (χ2n) is 3.36. The van der Waals surface area contributed by atoms with Crippen LogP contribution in [0, 0.1) is 0 Å². The molecule has 2 N–H and O–H groups in total. The minimum atomic E-state index is -1.23. The van der Waals surface area contributed by atoms with Crippen LogP contribution < -0.4 is 5.32 Å². The van der Waals surface area contributed by atoms with E-state index in [-0.39, 0.29) is 23.8 Å². The Kier molecular flexibility index (Phi) is 3.63. The maximum atomic E-state index is 11.7. The third-order valence-corrected chi connectivity index (χ3v) is 2.95. The molecule has 2 heterocycles. The second kappa shape index (κ2) is 5.37. The maximum absolute atomic E-state index is 11.7. The number of carbonyl (C=O) groups excluding carboxylic acids is 1. The Labute approximate surface area is 106 Å². The van der Waals surface area contributed by atoms with Gasteiger partial charge in [0, 0.05) is 17.3 Å². The first-order valence-electron chi connectivity index (χ1n) is 5.03. The molecule has 0 unspecified atom stereocenters. The normalized spacial score (nSPS) is 10.0. The molecule has 0 saturated carbocycles. The van der Waals surface area contributed by atoms with E-state index in [1.54, 1.807) is 0 Å². The number of aromatic carboxylic acids is 1. The largest absolute Gasteiger partial charge is 0.476 e. The van der Waals surface area contributed by atoms with Gasteiger partial charge >= 0.3 is 5.97 Å². The average molecular weight is 263 g/mol. The SMILES string of the molecule is O=C(Cc1cccs1)Nc1nccnc1C(=O)O. The molecular weight excluding hydrogens is 254 g/mol. The molecule has 6 nitrogen and oxygen atoms in total. The van der Waals surface area contributed by atoms with Gasteiger partial charge in [-0.3, -0.25) is 4.79 Å². The van der Waals surface area contributed by atoms with Crippen LogP contribution in [-0.4, -0.2) is 27.0 Å². The Hall–Kier alpha value is -2.28. The highest BCUT2D eigenvalue weighted by Crippen LogP contribution is 2.12. The number of carbonyl (C=O) groups is 2. The van der Waals surface area contributed by atoms with Crippen molar-refractivity contribution in [3.63, 3.8) is 0 Å². The van der Waals surface area contributed by atoms with Crippen LogP contribution in [0.4, 0.5) is 5.82 Å². The van der Waals surface area contributed by atoms with Crippen molar-refractivity contribution in [1.29, 1.82) is 0 Å². The molecule has 0 atom stereocenters. The highest BCUT2D eigenvalue weighted by Gasteiger charge is 2.15. The molecule has 1 amide bonds. The van der Waals surface area contributed by atoms with Crippen molar-refractivity contribution < 1.29 is 14.7 Å². The van der Waals surface area contributed by atoms with Crippen LogP contribution in [-0.2, 0) is 11.2 Å². The van der Waals surface area contributed by atoms with Gasteiger partial charge in [0.2, 0.25) is 5.91 Å². The summed E-state index contributed by atoms with van der Waals surface area (Å²) in [5.41, 5.74) is -0.267. The summed E-state index contributed by atoms with van der Waals surface area (Å²) in [4.78, 5) is 30.9. The molecule has 0 radical (unpaired) electrons. The molecule has 0 fully saturated rings. The highest BCUT2D eigenvalue weighted by atomic mass is 32.1. The Balaban J connectivity index is 2.09. The zero-order chi connectivity index (χ0) is 13.0. The Bertz CT molecular complexity index is 569. The summed E-state index contributed by atoms with van der Waals surface area (Å²) >= 11 is 1.46. The number of amides is 1. The summed E-state index contributed by atoms with van der Waals surface area (Å²) in [5.74, 6) is -1.58. The number of hydrogen-bond acceptors (Lipinski definition) is 5. The third-order valence-electron chi connectivity index (χ3n) is 2.07. The molecule has 2 rings (SSSR count). The summed E-state index contributed by atoms with van der Waals surface area (Å²) in [5, 5.41) is 13.2. The van der Waals surface area contributed by atoms with Crippen molar-refractivity contribution in [1.82, 2.24) is 9.97 Å². The summed E-state index contributed by atoms with van der Waals surface area (Å²) in [7, 11) is 0. The molecule has 0 saturated heterocycles. The second-order valence-corrected chi connectivity index (χ2v) is 4.40. The lowest BCUT2D eigenvalue weighted by atomic mass is 10.3. The minimum Gasteiger partial charge on any atom is -0.476 e. The van der Waals surface area contributed by atoms with E-state index in [1.807, 2.05) is 17.5 Å². The van der Waals surface area contributed by atoms with Gasteiger partial charge in [0.1, 0.15) is 0 Å². The van der Waals surface area contributed by atoms with E-state index >= 15 is 0 Å². The Morgan fingerprint density at radius 3 is 2.78 bits per heavy atom. The number of nitrogens with zero attached hydrogens (tertiary/aromatic N) is 2. The molecule has 7 heteroatoms. The van der Waals surface area contributed by atoms with Gasteiger partial charge in [-0.05, 0) is 11.4 Å². The van der Waals surface area contributed by atoms with Crippen LogP contribution >= 0.6 is 11.3 Å². The van der Waals surface area contributed by atoms with Crippen molar-refractivity contribution in [3.8, 4) is 0 Å². The molecule has 0 bridgehead atoms. The zero-order valence-electron chi connectivity index (χ0n) is 9.16. The Morgan fingerprint density at radius 2 is 2.11 bits per heavy atom. The van der Waals surface area contributed by atoms with Crippen molar-refractivity contribution in [3.05, 3.63) is 40.5 Å². The molecule has 0 aliphatic heterocycles. The Morgan fingerprint density at radius 1 is 1.33 bits per heavy atom. The van der Waals surface area contributed by atoms with E-state index in [4.69, 9.17) is 5.11 Å². The number of hydrogen-bond donors (Lipinski definition) is 2. The molecule has 0 aliphatic carbocycles. The van der Waals surface area contributed by atoms with Crippen molar-refractivity contribution in [2.75, 3.05) is 5.32 Å². The predicted octanol–water partition coefficient (Wildman–Crippen LogP) is 1.42. The number of carboxylic acids is 1. The van der Waals surface area contributed by atoms with Gasteiger partial charge in [-0.15, -0.1) is 11.3 Å². The summed E-state index contributed by atoms with van der Waals surface area (Å²) in [6, 6.07) is 3.68. The number of carboxylic acid groups (broad SMARTS) is 1. The molecule has 18 heavy (non-hydrogen) atoms. The first-order chi connectivity index (χ1) is 8.66. The van der Waals surface area contributed by atoms with Crippen LogP contribution in [0.15, 0.2) is 29.9 Å². The van der Waals surface area contributed by atoms with Crippen LogP contribution in [0.25, 0.3) is 0 Å². The van der Waals surface area contributed by atoms with Gasteiger partial charge < -0.3 is 10.4 Å². The van der Waals surface area contributed by atoms with Crippen molar-refractivity contribution in [2.24, 2.45) is 0 Å². The first-order valence-corrected chi connectivity index (χ1v) is 5.91. The lowest BCUT2D eigenvalue weighted by Crippen LogP contribution is -2.18. The number of anilines is 1. The van der Waals surface area contributed by atoms with E-state index < -0.39 is 5.97 Å². The lowest BCUT2D eigenvalue weighted by molar-refractivity contribution is -0.115. The zero-order valence-corrected chi connectivity index (χ0v) is 9.98. The van der Waals surface area contributed by atoms with E-state index in [0.717, 1.165) is 4.88 Å². The monoisotopic (exact) mass is 263 g/mol. The number of nitrogens with one attached hydrogen (secondary N) is 1. The number of aromatic nitrogens is 2. The van der Waals surface area contributed by atoms with E-state index in [9.17, 15) is 9.59 Å². The van der Waals surface area contributed by atoms with Gasteiger partial charge in [0.15, 0.2) is 11.5 Å². The predicted molar refractivity (Wildman–Crippen MR) is 65.6 cm³/mol. The first kappa shape index (κ1) is 12.2. The smallest absolute Gasteiger partial charge is 0.358 e.